The second-order valence-electron chi connectivity index (χ2n) is 9.24. The number of hydrogen-bond acceptors (Lipinski definition) is 6. The van der Waals surface area contributed by atoms with Crippen LogP contribution in [0.25, 0.3) is 0 Å². The zero-order valence-electron chi connectivity index (χ0n) is 17.7. The first-order valence-corrected chi connectivity index (χ1v) is 11.1. The number of fused-ring (bicyclic) bond motifs is 2. The third kappa shape index (κ3) is 3.47. The molecule has 1 aliphatic carbocycles. The molecule has 0 spiro atoms. The van der Waals surface area contributed by atoms with Gasteiger partial charge in [-0.3, -0.25) is 9.59 Å². The minimum absolute atomic E-state index is 0.0374. The van der Waals surface area contributed by atoms with Gasteiger partial charge in [-0.15, -0.1) is 0 Å². The van der Waals surface area contributed by atoms with E-state index >= 15 is 0 Å². The largest absolute Gasteiger partial charge is 0.360 e. The van der Waals surface area contributed by atoms with E-state index in [0.29, 0.717) is 31.2 Å². The minimum atomic E-state index is -0.0549. The predicted octanol–water partition coefficient (Wildman–Crippen LogP) is 1.89. The quantitative estimate of drug-likeness (QED) is 0.811. The van der Waals surface area contributed by atoms with Crippen molar-refractivity contribution >= 4 is 5.91 Å². The Morgan fingerprint density at radius 3 is 2.93 bits per heavy atom. The molecule has 0 aromatic carbocycles. The van der Waals surface area contributed by atoms with Crippen LogP contribution >= 0.6 is 0 Å². The van der Waals surface area contributed by atoms with Crippen molar-refractivity contribution in [3.8, 4) is 0 Å². The molecule has 0 unspecified atom stereocenters. The van der Waals surface area contributed by atoms with Crippen LogP contribution in [0, 0.1) is 5.92 Å². The molecule has 0 saturated carbocycles. The molecule has 160 valence electrons. The molecule has 2 aromatic heterocycles. The lowest BCUT2D eigenvalue weighted by Gasteiger charge is -2.32. The highest BCUT2D eigenvalue weighted by Crippen LogP contribution is 2.31. The first-order valence-electron chi connectivity index (χ1n) is 11.1. The highest BCUT2D eigenvalue weighted by atomic mass is 16.5. The van der Waals surface area contributed by atoms with Crippen LogP contribution in [0.4, 0.5) is 0 Å². The van der Waals surface area contributed by atoms with Crippen LogP contribution in [-0.2, 0) is 25.8 Å². The van der Waals surface area contributed by atoms with Gasteiger partial charge in [0.05, 0.1) is 11.3 Å². The summed E-state index contributed by atoms with van der Waals surface area (Å²) >= 11 is 0. The normalized spacial score (nSPS) is 24.4. The molecular weight excluding hydrogens is 382 g/mol. The monoisotopic (exact) mass is 411 g/mol. The van der Waals surface area contributed by atoms with E-state index in [4.69, 9.17) is 9.51 Å². The molecular formula is C22H29N5O3. The Bertz CT molecular complexity index is 1030. The molecule has 1 N–H and O–H groups in total. The molecule has 0 bridgehead atoms. The smallest absolute Gasteiger partial charge is 0.276 e. The van der Waals surface area contributed by atoms with Crippen molar-refractivity contribution in [3.63, 3.8) is 0 Å². The number of nitrogens with one attached hydrogen (secondary N) is 1. The van der Waals surface area contributed by atoms with E-state index in [0.717, 1.165) is 73.5 Å². The van der Waals surface area contributed by atoms with Crippen molar-refractivity contribution < 1.29 is 9.32 Å². The van der Waals surface area contributed by atoms with E-state index < -0.39 is 0 Å². The molecule has 3 aliphatic rings. The first-order chi connectivity index (χ1) is 14.5. The molecule has 2 aromatic rings. The van der Waals surface area contributed by atoms with Crippen LogP contribution in [0.3, 0.4) is 0 Å². The summed E-state index contributed by atoms with van der Waals surface area (Å²) in [4.78, 5) is 37.7. The van der Waals surface area contributed by atoms with Gasteiger partial charge in [-0.2, -0.15) is 0 Å². The van der Waals surface area contributed by atoms with Gasteiger partial charge in [0.1, 0.15) is 11.6 Å². The van der Waals surface area contributed by atoms with Gasteiger partial charge in [-0.25, -0.2) is 4.98 Å². The Hall–Kier alpha value is -2.48. The summed E-state index contributed by atoms with van der Waals surface area (Å²) in [7, 11) is 2.02. The second-order valence-corrected chi connectivity index (χ2v) is 9.24. The van der Waals surface area contributed by atoms with E-state index in [-0.39, 0.29) is 17.4 Å². The Labute approximate surface area is 175 Å². The van der Waals surface area contributed by atoms with Gasteiger partial charge in [-0.05, 0) is 38.6 Å². The molecule has 5 rings (SSSR count). The number of rotatable bonds is 2. The van der Waals surface area contributed by atoms with Gasteiger partial charge in [0.25, 0.3) is 11.5 Å². The molecule has 0 radical (unpaired) electrons. The molecule has 2 atom stereocenters. The highest BCUT2D eigenvalue weighted by Gasteiger charge is 2.33. The van der Waals surface area contributed by atoms with Crippen LogP contribution in [0.2, 0.25) is 0 Å². The molecule has 1 saturated heterocycles. The summed E-state index contributed by atoms with van der Waals surface area (Å²) in [5, 5.41) is 4.14. The Kier molecular flexibility index (Phi) is 4.97. The molecule has 2 aliphatic heterocycles. The molecule has 8 heteroatoms. The Morgan fingerprint density at radius 1 is 1.20 bits per heavy atom. The number of hydrogen-bond donors (Lipinski definition) is 1. The maximum Gasteiger partial charge on any atom is 0.276 e. The maximum atomic E-state index is 13.3. The zero-order valence-corrected chi connectivity index (χ0v) is 17.7. The summed E-state index contributed by atoms with van der Waals surface area (Å²) in [5.74, 6) is 2.12. The topological polar surface area (TPSA) is 95.3 Å². The van der Waals surface area contributed by atoms with Crippen LogP contribution < -0.4 is 5.56 Å². The number of carbonyl (C=O) groups is 1. The van der Waals surface area contributed by atoms with Gasteiger partial charge in [0.2, 0.25) is 0 Å². The number of carbonyl (C=O) groups excluding carboxylic acids is 1. The number of likely N-dealkylation sites (tertiary alicyclic amines) is 1. The maximum absolute atomic E-state index is 13.3. The third-order valence-corrected chi connectivity index (χ3v) is 6.86. The molecule has 30 heavy (non-hydrogen) atoms. The lowest BCUT2D eigenvalue weighted by atomic mass is 9.88. The number of aryl methyl sites for hydroxylation is 1. The van der Waals surface area contributed by atoms with Crippen molar-refractivity contribution in [2.24, 2.45) is 5.92 Å². The summed E-state index contributed by atoms with van der Waals surface area (Å²) in [6.07, 6.45) is 5.38. The standard InChI is InChI=1S/C22H29N5O3/c1-13-5-6-18-15(10-13)19(25-30-18)22(29)27-8-3-4-14(11-27)20-23-17-7-9-26(2)12-16(17)21(28)24-20/h13-14H,3-12H2,1-2H3,(H,23,24,28)/t13-,14-/m1/s1. The number of aromatic amines is 1. The lowest BCUT2D eigenvalue weighted by molar-refractivity contribution is 0.0692. The van der Waals surface area contributed by atoms with Crippen molar-refractivity contribution in [3.05, 3.63) is 44.5 Å². The van der Waals surface area contributed by atoms with Crippen molar-refractivity contribution in [2.75, 3.05) is 26.7 Å². The average molecular weight is 412 g/mol. The summed E-state index contributed by atoms with van der Waals surface area (Å²) in [5.41, 5.74) is 3.12. The zero-order chi connectivity index (χ0) is 20.8. The summed E-state index contributed by atoms with van der Waals surface area (Å²) in [6.45, 7) is 5.01. The fourth-order valence-electron chi connectivity index (χ4n) is 5.05. The minimum Gasteiger partial charge on any atom is -0.360 e. The van der Waals surface area contributed by atoms with Gasteiger partial charge in [-0.1, -0.05) is 12.1 Å². The molecule has 8 nitrogen and oxygen atoms in total. The van der Waals surface area contributed by atoms with E-state index in [1.165, 1.54) is 0 Å². The lowest BCUT2D eigenvalue weighted by Crippen LogP contribution is -2.41. The number of H-pyrrole nitrogens is 1. The average Bonchev–Trinajstić information content (AvgIpc) is 3.16. The van der Waals surface area contributed by atoms with E-state index in [1.807, 2.05) is 11.9 Å². The molecule has 4 heterocycles. The number of piperidine rings is 1. The highest BCUT2D eigenvalue weighted by molar-refractivity contribution is 5.94. The fourth-order valence-corrected chi connectivity index (χ4v) is 5.05. The number of likely N-dealkylation sites (N-methyl/N-ethyl adjacent to an activating group) is 1. The molecule has 1 amide bonds. The SMILES string of the molecule is C[C@@H]1CCc2onc(C(=O)N3CCC[C@@H](c4nc5c(c(=O)[nH]4)CN(C)CC5)C3)c2C1. The van der Waals surface area contributed by atoms with E-state index in [1.54, 1.807) is 0 Å². The van der Waals surface area contributed by atoms with Crippen LogP contribution in [0.1, 0.15) is 71.0 Å². The fraction of sp³-hybridized carbons (Fsp3) is 0.636. The van der Waals surface area contributed by atoms with Crippen LogP contribution in [-0.4, -0.2) is 57.5 Å². The predicted molar refractivity (Wildman–Crippen MR) is 110 cm³/mol. The van der Waals surface area contributed by atoms with Gasteiger partial charge < -0.3 is 19.3 Å². The Morgan fingerprint density at radius 2 is 2.07 bits per heavy atom. The number of aromatic nitrogens is 3. The van der Waals surface area contributed by atoms with E-state index in [2.05, 4.69) is 22.0 Å². The van der Waals surface area contributed by atoms with Crippen molar-refractivity contribution in [1.29, 1.82) is 0 Å². The second kappa shape index (κ2) is 7.65. The van der Waals surface area contributed by atoms with Crippen molar-refractivity contribution in [2.45, 2.75) is 57.9 Å². The van der Waals surface area contributed by atoms with Gasteiger partial charge >= 0.3 is 0 Å². The van der Waals surface area contributed by atoms with Crippen LogP contribution in [0.5, 0.6) is 0 Å². The van der Waals surface area contributed by atoms with E-state index in [9.17, 15) is 9.59 Å². The van der Waals surface area contributed by atoms with Gasteiger partial charge in [0, 0.05) is 50.5 Å². The molecule has 1 fully saturated rings. The number of amides is 1. The van der Waals surface area contributed by atoms with Crippen molar-refractivity contribution in [1.82, 2.24) is 24.9 Å². The first kappa shape index (κ1) is 19.5. The third-order valence-electron chi connectivity index (χ3n) is 6.86. The summed E-state index contributed by atoms with van der Waals surface area (Å²) < 4.78 is 5.48. The van der Waals surface area contributed by atoms with Gasteiger partial charge in [0.15, 0.2) is 5.69 Å². The summed E-state index contributed by atoms with van der Waals surface area (Å²) in [6, 6.07) is 0. The number of nitrogens with zero attached hydrogens (tertiary/aromatic N) is 4. The van der Waals surface area contributed by atoms with Crippen LogP contribution in [0.15, 0.2) is 9.32 Å². The Balaban J connectivity index is 1.37.